The van der Waals surface area contributed by atoms with Crippen molar-refractivity contribution < 1.29 is 4.39 Å². The topological polar surface area (TPSA) is 53.1 Å². The second-order valence-electron chi connectivity index (χ2n) is 4.81. The molecule has 2 aromatic carbocycles. The average Bonchev–Trinajstić information content (AvgIpc) is 2.43. The van der Waals surface area contributed by atoms with Crippen LogP contribution in [0.4, 0.5) is 10.1 Å². The van der Waals surface area contributed by atoms with Crippen LogP contribution in [0.5, 0.6) is 0 Å². The molecule has 0 amide bonds. The zero-order chi connectivity index (χ0) is 15.2. The summed E-state index contributed by atoms with van der Waals surface area (Å²) in [6, 6.07) is 14.7. The van der Waals surface area contributed by atoms with E-state index in [1.807, 2.05) is 36.4 Å². The summed E-state index contributed by atoms with van der Waals surface area (Å²) < 4.78 is 14.2. The van der Waals surface area contributed by atoms with E-state index in [-0.39, 0.29) is 11.7 Å². The van der Waals surface area contributed by atoms with Gasteiger partial charge in [0.05, 0.1) is 5.84 Å². The molecule has 0 aliphatic rings. The zero-order valence-corrected chi connectivity index (χ0v) is 13.1. The fourth-order valence-corrected chi connectivity index (χ4v) is 2.63. The Morgan fingerprint density at radius 2 is 1.90 bits per heavy atom. The third-order valence-electron chi connectivity index (χ3n) is 3.07. The van der Waals surface area contributed by atoms with Crippen LogP contribution >= 0.6 is 15.9 Å². The molecule has 3 N–H and O–H groups in total. The molecule has 0 aliphatic heterocycles. The molecule has 3 nitrogen and oxygen atoms in total. The molecule has 2 aromatic rings. The molecule has 0 saturated carbocycles. The average molecular weight is 350 g/mol. The van der Waals surface area contributed by atoms with Crippen molar-refractivity contribution in [3.8, 4) is 0 Å². The van der Waals surface area contributed by atoms with Crippen LogP contribution in [0.15, 0.2) is 53.0 Å². The summed E-state index contributed by atoms with van der Waals surface area (Å²) in [5.74, 6) is -0.115. The lowest BCUT2D eigenvalue weighted by Crippen LogP contribution is -2.27. The van der Waals surface area contributed by atoms with E-state index in [2.05, 4.69) is 20.8 Å². The molecular formula is C16H17BrFN3. The van der Waals surface area contributed by atoms with Gasteiger partial charge in [0.15, 0.2) is 0 Å². The van der Waals surface area contributed by atoms with Gasteiger partial charge in [-0.1, -0.05) is 34.1 Å². The van der Waals surface area contributed by atoms with Crippen LogP contribution in [-0.2, 0) is 6.54 Å². The number of nitrogens with two attached hydrogens (primary N) is 1. The van der Waals surface area contributed by atoms with E-state index in [0.717, 1.165) is 15.7 Å². The minimum absolute atomic E-state index is 0.149. The number of para-hydroxylation sites is 1. The van der Waals surface area contributed by atoms with E-state index in [0.29, 0.717) is 19.5 Å². The molecule has 0 spiro atoms. The van der Waals surface area contributed by atoms with Crippen molar-refractivity contribution in [1.82, 2.24) is 0 Å². The SMILES string of the molecule is N=C(N)CCN(Cc1cc(F)cc(Br)c1)c1ccccc1. The van der Waals surface area contributed by atoms with Crippen molar-refractivity contribution in [1.29, 1.82) is 5.41 Å². The quantitative estimate of drug-likeness (QED) is 0.613. The van der Waals surface area contributed by atoms with Crippen molar-refractivity contribution in [2.75, 3.05) is 11.4 Å². The Bertz CT molecular complexity index is 596. The van der Waals surface area contributed by atoms with E-state index >= 15 is 0 Å². The largest absolute Gasteiger partial charge is 0.388 e. The lowest BCUT2D eigenvalue weighted by molar-refractivity contribution is 0.623. The number of amidine groups is 1. The van der Waals surface area contributed by atoms with Crippen molar-refractivity contribution in [2.45, 2.75) is 13.0 Å². The molecule has 0 heterocycles. The fraction of sp³-hybridized carbons (Fsp3) is 0.188. The zero-order valence-electron chi connectivity index (χ0n) is 11.5. The van der Waals surface area contributed by atoms with Crippen LogP contribution in [0.3, 0.4) is 0 Å². The summed E-state index contributed by atoms with van der Waals surface area (Å²) in [6.07, 6.45) is 0.478. The summed E-state index contributed by atoms with van der Waals surface area (Å²) in [6.45, 7) is 1.18. The van der Waals surface area contributed by atoms with Crippen molar-refractivity contribution in [3.05, 3.63) is 64.4 Å². The Morgan fingerprint density at radius 1 is 1.19 bits per heavy atom. The molecule has 0 saturated heterocycles. The van der Waals surface area contributed by atoms with Crippen molar-refractivity contribution in [3.63, 3.8) is 0 Å². The van der Waals surface area contributed by atoms with Crippen LogP contribution in [0.2, 0.25) is 0 Å². The number of anilines is 1. The van der Waals surface area contributed by atoms with Gasteiger partial charge in [0.2, 0.25) is 0 Å². The smallest absolute Gasteiger partial charge is 0.124 e. The minimum Gasteiger partial charge on any atom is -0.388 e. The predicted molar refractivity (Wildman–Crippen MR) is 88.1 cm³/mol. The first-order chi connectivity index (χ1) is 10.0. The van der Waals surface area contributed by atoms with Crippen molar-refractivity contribution >= 4 is 27.5 Å². The highest BCUT2D eigenvalue weighted by atomic mass is 79.9. The first-order valence-corrected chi connectivity index (χ1v) is 7.42. The molecule has 5 heteroatoms. The molecule has 0 fully saturated rings. The summed E-state index contributed by atoms with van der Waals surface area (Å²) in [4.78, 5) is 2.09. The number of rotatable bonds is 6. The molecule has 0 radical (unpaired) electrons. The Labute approximate surface area is 132 Å². The van der Waals surface area contributed by atoms with E-state index in [1.165, 1.54) is 12.1 Å². The maximum Gasteiger partial charge on any atom is 0.124 e. The van der Waals surface area contributed by atoms with Gasteiger partial charge in [-0.3, -0.25) is 5.41 Å². The van der Waals surface area contributed by atoms with Crippen LogP contribution in [0.25, 0.3) is 0 Å². The summed E-state index contributed by atoms with van der Waals surface area (Å²) >= 11 is 3.31. The van der Waals surface area contributed by atoms with Gasteiger partial charge in [0, 0.05) is 29.7 Å². The van der Waals surface area contributed by atoms with E-state index in [9.17, 15) is 4.39 Å². The van der Waals surface area contributed by atoms with Crippen LogP contribution in [-0.4, -0.2) is 12.4 Å². The molecule has 0 aromatic heterocycles. The van der Waals surface area contributed by atoms with Crippen molar-refractivity contribution in [2.24, 2.45) is 5.73 Å². The highest BCUT2D eigenvalue weighted by molar-refractivity contribution is 9.10. The molecule has 0 bridgehead atoms. The number of nitrogens with zero attached hydrogens (tertiary/aromatic N) is 1. The molecule has 0 unspecified atom stereocenters. The Hall–Kier alpha value is -1.88. The second kappa shape index (κ2) is 7.22. The predicted octanol–water partition coefficient (Wildman–Crippen LogP) is 3.92. The molecule has 21 heavy (non-hydrogen) atoms. The molecular weight excluding hydrogens is 333 g/mol. The lowest BCUT2D eigenvalue weighted by atomic mass is 10.1. The Morgan fingerprint density at radius 3 is 2.52 bits per heavy atom. The summed E-state index contributed by atoms with van der Waals surface area (Å²) in [5, 5.41) is 7.38. The van der Waals surface area contributed by atoms with Crippen LogP contribution in [0, 0.1) is 11.2 Å². The third-order valence-corrected chi connectivity index (χ3v) is 3.53. The van der Waals surface area contributed by atoms with E-state index in [4.69, 9.17) is 11.1 Å². The van der Waals surface area contributed by atoms with Gasteiger partial charge >= 0.3 is 0 Å². The number of hydrogen-bond donors (Lipinski definition) is 2. The third kappa shape index (κ3) is 4.86. The van der Waals surface area contributed by atoms with Gasteiger partial charge < -0.3 is 10.6 Å². The van der Waals surface area contributed by atoms with Gasteiger partial charge in [-0.05, 0) is 35.9 Å². The van der Waals surface area contributed by atoms with Gasteiger partial charge in [-0.15, -0.1) is 0 Å². The number of benzene rings is 2. The Kier molecular flexibility index (Phi) is 5.33. The Balaban J connectivity index is 2.20. The minimum atomic E-state index is -0.265. The molecule has 0 atom stereocenters. The maximum absolute atomic E-state index is 13.5. The fourth-order valence-electron chi connectivity index (χ4n) is 2.12. The highest BCUT2D eigenvalue weighted by Gasteiger charge is 2.09. The van der Waals surface area contributed by atoms with Crippen LogP contribution < -0.4 is 10.6 Å². The molecule has 110 valence electrons. The van der Waals surface area contributed by atoms with Gasteiger partial charge in [-0.2, -0.15) is 0 Å². The van der Waals surface area contributed by atoms with Crippen LogP contribution in [0.1, 0.15) is 12.0 Å². The first-order valence-electron chi connectivity index (χ1n) is 6.62. The number of nitrogens with one attached hydrogen (secondary N) is 1. The normalized spacial score (nSPS) is 10.4. The molecule has 2 rings (SSSR count). The van der Waals surface area contributed by atoms with Gasteiger partial charge in [-0.25, -0.2) is 4.39 Å². The summed E-state index contributed by atoms with van der Waals surface area (Å²) in [7, 11) is 0. The van der Waals surface area contributed by atoms with Gasteiger partial charge in [0.1, 0.15) is 5.82 Å². The number of halogens is 2. The monoisotopic (exact) mass is 349 g/mol. The summed E-state index contributed by atoms with van der Waals surface area (Å²) in [5.41, 5.74) is 7.35. The highest BCUT2D eigenvalue weighted by Crippen LogP contribution is 2.20. The van der Waals surface area contributed by atoms with E-state index < -0.39 is 0 Å². The maximum atomic E-state index is 13.5. The standard InChI is InChI=1S/C16H17BrFN3/c17-13-8-12(9-14(18)10-13)11-21(7-6-16(19)20)15-4-2-1-3-5-15/h1-5,8-10H,6-7,11H2,(H3,19,20). The second-order valence-corrected chi connectivity index (χ2v) is 5.73. The van der Waals surface area contributed by atoms with Gasteiger partial charge in [0.25, 0.3) is 0 Å². The number of hydrogen-bond acceptors (Lipinski definition) is 2. The first kappa shape index (κ1) is 15.5. The molecule has 0 aliphatic carbocycles. The lowest BCUT2D eigenvalue weighted by Gasteiger charge is -2.25. The van der Waals surface area contributed by atoms with E-state index in [1.54, 1.807) is 0 Å².